The number of carbonyl (C=O) groups excluding carboxylic acids is 1. The zero-order valence-electron chi connectivity index (χ0n) is 12.7. The van der Waals surface area contributed by atoms with E-state index in [0.29, 0.717) is 33.9 Å². The Hall–Kier alpha value is -2.60. The first kappa shape index (κ1) is 15.3. The average Bonchev–Trinajstić information content (AvgIpc) is 2.79. The SMILES string of the molecule is CCOc1cc(C=C2OC(=O)c3c2cc(C)[nH]c3=S)ccc1O. The van der Waals surface area contributed by atoms with E-state index in [1.165, 1.54) is 6.07 Å². The Balaban J connectivity index is 2.08. The second-order valence-electron chi connectivity index (χ2n) is 5.13. The summed E-state index contributed by atoms with van der Waals surface area (Å²) in [6.45, 7) is 4.15. The molecule has 1 aliphatic rings. The number of aromatic hydroxyl groups is 1. The lowest BCUT2D eigenvalue weighted by Gasteiger charge is -2.07. The molecule has 0 spiro atoms. The van der Waals surface area contributed by atoms with Crippen molar-refractivity contribution in [1.82, 2.24) is 4.98 Å². The van der Waals surface area contributed by atoms with Crippen LogP contribution in [0.3, 0.4) is 0 Å². The first-order chi connectivity index (χ1) is 11.0. The summed E-state index contributed by atoms with van der Waals surface area (Å²) in [6.07, 6.45) is 1.72. The molecule has 0 fully saturated rings. The highest BCUT2D eigenvalue weighted by atomic mass is 32.1. The lowest BCUT2D eigenvalue weighted by molar-refractivity contribution is 0.0716. The minimum Gasteiger partial charge on any atom is -0.504 e. The van der Waals surface area contributed by atoms with E-state index in [1.54, 1.807) is 18.2 Å². The number of hydrogen-bond donors (Lipinski definition) is 2. The highest BCUT2D eigenvalue weighted by molar-refractivity contribution is 7.71. The van der Waals surface area contributed by atoms with Crippen molar-refractivity contribution in [3.8, 4) is 11.5 Å². The van der Waals surface area contributed by atoms with Crippen LogP contribution in [0.2, 0.25) is 0 Å². The second kappa shape index (κ2) is 5.89. The van der Waals surface area contributed by atoms with E-state index in [-0.39, 0.29) is 5.75 Å². The second-order valence-corrected chi connectivity index (χ2v) is 5.54. The molecule has 1 aliphatic heterocycles. The molecule has 0 unspecified atom stereocenters. The minimum atomic E-state index is -0.462. The largest absolute Gasteiger partial charge is 0.504 e. The molecule has 2 heterocycles. The molecule has 6 heteroatoms. The molecule has 118 valence electrons. The number of phenols is 1. The van der Waals surface area contributed by atoms with Crippen LogP contribution >= 0.6 is 12.2 Å². The molecule has 1 aromatic heterocycles. The lowest BCUT2D eigenvalue weighted by atomic mass is 10.1. The van der Waals surface area contributed by atoms with E-state index in [4.69, 9.17) is 21.7 Å². The van der Waals surface area contributed by atoms with Gasteiger partial charge in [0.1, 0.15) is 16.0 Å². The maximum absolute atomic E-state index is 12.0. The van der Waals surface area contributed by atoms with Gasteiger partial charge >= 0.3 is 5.97 Å². The molecule has 0 bridgehead atoms. The van der Waals surface area contributed by atoms with Gasteiger partial charge in [0, 0.05) is 11.3 Å². The number of aromatic amines is 1. The van der Waals surface area contributed by atoms with Gasteiger partial charge in [-0.05, 0) is 43.7 Å². The van der Waals surface area contributed by atoms with E-state index in [9.17, 15) is 9.90 Å². The number of aromatic nitrogens is 1. The predicted molar refractivity (Wildman–Crippen MR) is 88.9 cm³/mol. The summed E-state index contributed by atoms with van der Waals surface area (Å²) in [7, 11) is 0. The van der Waals surface area contributed by atoms with Crippen molar-refractivity contribution in [3.05, 3.63) is 51.3 Å². The van der Waals surface area contributed by atoms with Crippen molar-refractivity contribution >= 4 is 30.0 Å². The van der Waals surface area contributed by atoms with Crippen molar-refractivity contribution in [1.29, 1.82) is 0 Å². The van der Waals surface area contributed by atoms with Crippen LogP contribution < -0.4 is 4.74 Å². The minimum absolute atomic E-state index is 0.0658. The fraction of sp³-hybridized carbons (Fsp3) is 0.176. The van der Waals surface area contributed by atoms with Crippen molar-refractivity contribution in [2.45, 2.75) is 13.8 Å². The Morgan fingerprint density at radius 1 is 1.39 bits per heavy atom. The van der Waals surface area contributed by atoms with Crippen LogP contribution in [0, 0.1) is 11.6 Å². The van der Waals surface area contributed by atoms with Gasteiger partial charge in [0.25, 0.3) is 0 Å². The molecule has 2 N–H and O–H groups in total. The molecule has 5 nitrogen and oxygen atoms in total. The van der Waals surface area contributed by atoms with E-state index >= 15 is 0 Å². The monoisotopic (exact) mass is 329 g/mol. The van der Waals surface area contributed by atoms with E-state index < -0.39 is 5.97 Å². The van der Waals surface area contributed by atoms with Gasteiger partial charge in [-0.15, -0.1) is 0 Å². The molecule has 2 aromatic rings. The number of fused-ring (bicyclic) bond motifs is 1. The molecule has 0 radical (unpaired) electrons. The third kappa shape index (κ3) is 2.85. The van der Waals surface area contributed by atoms with Crippen molar-refractivity contribution in [3.63, 3.8) is 0 Å². The number of benzene rings is 1. The summed E-state index contributed by atoms with van der Waals surface area (Å²) in [5, 5.41) is 9.75. The maximum atomic E-state index is 12.0. The first-order valence-corrected chi connectivity index (χ1v) is 7.54. The Morgan fingerprint density at radius 3 is 2.91 bits per heavy atom. The van der Waals surface area contributed by atoms with Crippen LogP contribution in [0.15, 0.2) is 24.3 Å². The molecule has 0 aliphatic carbocycles. The van der Waals surface area contributed by atoms with E-state index in [0.717, 1.165) is 11.3 Å². The fourth-order valence-corrected chi connectivity index (χ4v) is 2.80. The number of hydrogen-bond acceptors (Lipinski definition) is 5. The standard InChI is InChI=1S/C17H15NO4S/c1-3-21-14-8-10(4-5-12(14)19)7-13-11-6-9(2)18-16(23)15(11)17(20)22-13/h4-8,19H,3H2,1-2H3,(H,18,23). The topological polar surface area (TPSA) is 71.5 Å². The Bertz CT molecular complexity index is 883. The molecule has 3 rings (SSSR count). The van der Waals surface area contributed by atoms with Gasteiger partial charge in [0.05, 0.1) is 6.61 Å². The van der Waals surface area contributed by atoms with Gasteiger partial charge in [-0.1, -0.05) is 18.3 Å². The van der Waals surface area contributed by atoms with Gasteiger partial charge in [-0.3, -0.25) is 0 Å². The Morgan fingerprint density at radius 2 is 2.17 bits per heavy atom. The van der Waals surface area contributed by atoms with E-state index in [1.807, 2.05) is 19.9 Å². The Kier molecular flexibility index (Phi) is 3.92. The third-order valence-electron chi connectivity index (χ3n) is 3.42. The van der Waals surface area contributed by atoms with Crippen LogP contribution in [-0.4, -0.2) is 22.7 Å². The number of carbonyl (C=O) groups is 1. The van der Waals surface area contributed by atoms with Crippen LogP contribution in [-0.2, 0) is 4.74 Å². The summed E-state index contributed by atoms with van der Waals surface area (Å²) < 4.78 is 11.1. The lowest BCUT2D eigenvalue weighted by Crippen LogP contribution is -1.97. The van der Waals surface area contributed by atoms with Crippen LogP contribution in [0.5, 0.6) is 11.5 Å². The number of aryl methyl sites for hydroxylation is 1. The van der Waals surface area contributed by atoms with Crippen molar-refractivity contribution < 1.29 is 19.4 Å². The number of ether oxygens (including phenoxy) is 2. The number of H-pyrrole nitrogens is 1. The summed E-state index contributed by atoms with van der Waals surface area (Å²) in [6, 6.07) is 6.77. The fourth-order valence-electron chi connectivity index (χ4n) is 2.44. The summed E-state index contributed by atoms with van der Waals surface area (Å²) in [4.78, 5) is 15.0. The van der Waals surface area contributed by atoms with Crippen molar-refractivity contribution in [2.75, 3.05) is 6.61 Å². The normalized spacial score (nSPS) is 14.7. The van der Waals surface area contributed by atoms with Crippen LogP contribution in [0.25, 0.3) is 11.8 Å². The van der Waals surface area contributed by atoms with Crippen LogP contribution in [0.4, 0.5) is 0 Å². The van der Waals surface area contributed by atoms with E-state index in [2.05, 4.69) is 4.98 Å². The highest BCUT2D eigenvalue weighted by Gasteiger charge is 2.28. The molecular weight excluding hydrogens is 314 g/mol. The van der Waals surface area contributed by atoms with Crippen LogP contribution in [0.1, 0.15) is 34.1 Å². The molecule has 23 heavy (non-hydrogen) atoms. The molecule has 1 aromatic carbocycles. The third-order valence-corrected chi connectivity index (χ3v) is 3.73. The number of nitrogens with one attached hydrogen (secondary N) is 1. The zero-order valence-corrected chi connectivity index (χ0v) is 13.5. The van der Waals surface area contributed by atoms with Crippen molar-refractivity contribution in [2.24, 2.45) is 0 Å². The molecule has 0 saturated heterocycles. The average molecular weight is 329 g/mol. The van der Waals surface area contributed by atoms with Gasteiger partial charge in [0.2, 0.25) is 0 Å². The maximum Gasteiger partial charge on any atom is 0.347 e. The predicted octanol–water partition coefficient (Wildman–Crippen LogP) is 3.83. The number of esters is 1. The molecule has 0 saturated carbocycles. The quantitative estimate of drug-likeness (QED) is 0.661. The van der Waals surface area contributed by atoms with Gasteiger partial charge in [0.15, 0.2) is 11.5 Å². The molecular formula is C17H15NO4S. The number of rotatable bonds is 3. The van der Waals surface area contributed by atoms with Gasteiger partial charge < -0.3 is 19.6 Å². The van der Waals surface area contributed by atoms with Gasteiger partial charge in [-0.2, -0.15) is 0 Å². The number of phenolic OH excluding ortho intramolecular Hbond substituents is 1. The summed E-state index contributed by atoms with van der Waals surface area (Å²) in [5.41, 5.74) is 2.64. The summed E-state index contributed by atoms with van der Waals surface area (Å²) in [5.74, 6) is 0.418. The molecule has 0 atom stereocenters. The first-order valence-electron chi connectivity index (χ1n) is 7.13. The number of cyclic esters (lactones) is 1. The zero-order chi connectivity index (χ0) is 16.6. The summed E-state index contributed by atoms with van der Waals surface area (Å²) >= 11 is 5.20. The number of pyridine rings is 1. The smallest absolute Gasteiger partial charge is 0.347 e. The Labute approximate surface area is 138 Å². The highest BCUT2D eigenvalue weighted by Crippen LogP contribution is 2.34. The molecule has 0 amide bonds. The van der Waals surface area contributed by atoms with Gasteiger partial charge in [-0.25, -0.2) is 4.79 Å².